The van der Waals surface area contributed by atoms with Crippen LogP contribution in [0.3, 0.4) is 0 Å². The van der Waals surface area contributed by atoms with Gasteiger partial charge in [0.2, 0.25) is 11.0 Å². The molecule has 0 atom stereocenters. The van der Waals surface area contributed by atoms with Gasteiger partial charge in [-0.15, -0.1) is 10.2 Å². The molecule has 1 N–H and O–H groups in total. The summed E-state index contributed by atoms with van der Waals surface area (Å²) in [5.74, 6) is 1.16. The van der Waals surface area contributed by atoms with Crippen molar-refractivity contribution in [3.8, 4) is 0 Å². The molecule has 0 saturated heterocycles. The zero-order valence-corrected chi connectivity index (χ0v) is 13.7. The molecule has 2 aromatic heterocycles. The van der Waals surface area contributed by atoms with Crippen molar-refractivity contribution in [1.29, 1.82) is 0 Å². The van der Waals surface area contributed by atoms with Crippen LogP contribution in [0.15, 0.2) is 27.2 Å². The van der Waals surface area contributed by atoms with Gasteiger partial charge in [-0.3, -0.25) is 4.79 Å². The van der Waals surface area contributed by atoms with Gasteiger partial charge < -0.3 is 14.6 Å². The number of amides is 1. The lowest BCUT2D eigenvalue weighted by molar-refractivity contribution is -0.127. The summed E-state index contributed by atoms with van der Waals surface area (Å²) in [6.07, 6.45) is 2.65. The molecular formula is C13H18N4O2S2. The van der Waals surface area contributed by atoms with E-state index in [9.17, 15) is 4.79 Å². The molecule has 2 rings (SSSR count). The first-order chi connectivity index (χ1) is 10.2. The molecule has 21 heavy (non-hydrogen) atoms. The van der Waals surface area contributed by atoms with E-state index in [4.69, 9.17) is 4.42 Å². The van der Waals surface area contributed by atoms with Gasteiger partial charge >= 0.3 is 0 Å². The van der Waals surface area contributed by atoms with Crippen LogP contribution in [0.1, 0.15) is 19.1 Å². The second kappa shape index (κ2) is 8.04. The molecule has 0 aliphatic carbocycles. The van der Waals surface area contributed by atoms with E-state index in [-0.39, 0.29) is 5.91 Å². The van der Waals surface area contributed by atoms with E-state index >= 15 is 0 Å². The average molecular weight is 326 g/mol. The Kier molecular flexibility index (Phi) is 6.06. The summed E-state index contributed by atoms with van der Waals surface area (Å²) < 4.78 is 6.03. The molecule has 0 bridgehead atoms. The third-order valence-corrected chi connectivity index (χ3v) is 4.65. The lowest BCUT2D eigenvalue weighted by Gasteiger charge is -2.14. The molecular weight excluding hydrogens is 308 g/mol. The van der Waals surface area contributed by atoms with E-state index in [1.807, 2.05) is 12.1 Å². The van der Waals surface area contributed by atoms with Gasteiger partial charge in [0.25, 0.3) is 0 Å². The first-order valence-electron chi connectivity index (χ1n) is 6.65. The zero-order valence-electron chi connectivity index (χ0n) is 12.0. The van der Waals surface area contributed by atoms with Crippen molar-refractivity contribution in [3.63, 3.8) is 0 Å². The second-order valence-corrected chi connectivity index (χ2v) is 6.62. The number of carbonyl (C=O) groups is 1. The normalized spacial score (nSPS) is 10.6. The van der Waals surface area contributed by atoms with E-state index in [1.165, 1.54) is 23.1 Å². The smallest absolute Gasteiger partial charge is 0.233 e. The van der Waals surface area contributed by atoms with Crippen LogP contribution in [0.25, 0.3) is 0 Å². The largest absolute Gasteiger partial charge is 0.467 e. The summed E-state index contributed by atoms with van der Waals surface area (Å²) in [5, 5.41) is 12.1. The van der Waals surface area contributed by atoms with Crippen molar-refractivity contribution in [3.05, 3.63) is 24.2 Å². The lowest BCUT2D eigenvalue weighted by Crippen LogP contribution is -2.27. The maximum atomic E-state index is 12.0. The molecule has 0 saturated carbocycles. The minimum Gasteiger partial charge on any atom is -0.467 e. The number of nitrogens with one attached hydrogen (secondary N) is 1. The number of thioether (sulfide) groups is 1. The number of rotatable bonds is 8. The summed E-state index contributed by atoms with van der Waals surface area (Å²) in [7, 11) is 1.76. The molecule has 8 heteroatoms. The number of aromatic nitrogens is 2. The van der Waals surface area contributed by atoms with Crippen LogP contribution < -0.4 is 5.32 Å². The van der Waals surface area contributed by atoms with Crippen LogP contribution in [0, 0.1) is 0 Å². The van der Waals surface area contributed by atoms with Gasteiger partial charge in [0.15, 0.2) is 4.34 Å². The minimum absolute atomic E-state index is 0.0367. The van der Waals surface area contributed by atoms with Crippen molar-refractivity contribution >= 4 is 34.1 Å². The molecule has 0 radical (unpaired) electrons. The predicted octanol–water partition coefficient (Wildman–Crippen LogP) is 2.70. The SMILES string of the molecule is CCCNc1nnc(SCC(=O)N(C)Cc2ccco2)s1. The zero-order chi connectivity index (χ0) is 15.1. The molecule has 0 aromatic carbocycles. The highest BCUT2D eigenvalue weighted by Gasteiger charge is 2.13. The van der Waals surface area contributed by atoms with Crippen molar-refractivity contribution in [2.45, 2.75) is 24.2 Å². The summed E-state index contributed by atoms with van der Waals surface area (Å²) in [6, 6.07) is 3.67. The molecule has 0 unspecified atom stereocenters. The van der Waals surface area contributed by atoms with Gasteiger partial charge in [-0.1, -0.05) is 30.0 Å². The topological polar surface area (TPSA) is 71.3 Å². The van der Waals surface area contributed by atoms with Crippen molar-refractivity contribution in [2.24, 2.45) is 0 Å². The summed E-state index contributed by atoms with van der Waals surface area (Å²) >= 11 is 2.88. The predicted molar refractivity (Wildman–Crippen MR) is 84.6 cm³/mol. The Morgan fingerprint density at radius 2 is 2.38 bits per heavy atom. The molecule has 0 fully saturated rings. The van der Waals surface area contributed by atoms with E-state index in [1.54, 1.807) is 18.2 Å². The first kappa shape index (κ1) is 15.8. The van der Waals surface area contributed by atoms with Crippen molar-refractivity contribution in [2.75, 3.05) is 24.7 Å². The maximum Gasteiger partial charge on any atom is 0.233 e. The van der Waals surface area contributed by atoms with E-state index < -0.39 is 0 Å². The van der Waals surface area contributed by atoms with Gasteiger partial charge in [-0.25, -0.2) is 0 Å². The summed E-state index contributed by atoms with van der Waals surface area (Å²) in [4.78, 5) is 13.7. The number of anilines is 1. The third kappa shape index (κ3) is 5.05. The highest BCUT2D eigenvalue weighted by molar-refractivity contribution is 8.01. The second-order valence-electron chi connectivity index (χ2n) is 4.42. The highest BCUT2D eigenvalue weighted by atomic mass is 32.2. The Hall–Kier alpha value is -1.54. The number of furan rings is 1. The van der Waals surface area contributed by atoms with Crippen LogP contribution >= 0.6 is 23.1 Å². The summed E-state index contributed by atoms with van der Waals surface area (Å²) in [5.41, 5.74) is 0. The van der Waals surface area contributed by atoms with Crippen LogP contribution in [0.2, 0.25) is 0 Å². The molecule has 0 aliphatic rings. The van der Waals surface area contributed by atoms with Gasteiger partial charge in [-0.05, 0) is 18.6 Å². The maximum absolute atomic E-state index is 12.0. The Morgan fingerprint density at radius 1 is 1.52 bits per heavy atom. The molecule has 0 aliphatic heterocycles. The number of carbonyl (C=O) groups excluding carboxylic acids is 1. The average Bonchev–Trinajstić information content (AvgIpc) is 3.14. The summed E-state index contributed by atoms with van der Waals surface area (Å²) in [6.45, 7) is 3.45. The monoisotopic (exact) mass is 326 g/mol. The van der Waals surface area contributed by atoms with E-state index in [0.717, 1.165) is 28.2 Å². The number of hydrogen-bond donors (Lipinski definition) is 1. The molecule has 2 heterocycles. The molecule has 1 amide bonds. The van der Waals surface area contributed by atoms with Crippen LogP contribution in [0.5, 0.6) is 0 Å². The van der Waals surface area contributed by atoms with Crippen LogP contribution in [-0.2, 0) is 11.3 Å². The van der Waals surface area contributed by atoms with Crippen LogP contribution in [0.4, 0.5) is 5.13 Å². The standard InChI is InChI=1S/C13H18N4O2S2/c1-3-6-14-12-15-16-13(21-12)20-9-11(18)17(2)8-10-5-4-7-19-10/h4-5,7H,3,6,8-9H2,1-2H3,(H,14,15). The molecule has 114 valence electrons. The Labute approximate surface area is 131 Å². The third-order valence-electron chi connectivity index (χ3n) is 2.65. The highest BCUT2D eigenvalue weighted by Crippen LogP contribution is 2.25. The van der Waals surface area contributed by atoms with Crippen molar-refractivity contribution in [1.82, 2.24) is 15.1 Å². The van der Waals surface area contributed by atoms with Crippen molar-refractivity contribution < 1.29 is 9.21 Å². The van der Waals surface area contributed by atoms with Gasteiger partial charge in [0, 0.05) is 13.6 Å². The fourth-order valence-corrected chi connectivity index (χ4v) is 3.25. The Morgan fingerprint density at radius 3 is 3.10 bits per heavy atom. The fraction of sp³-hybridized carbons (Fsp3) is 0.462. The Bertz CT molecular complexity index is 556. The first-order valence-corrected chi connectivity index (χ1v) is 8.45. The molecule has 0 spiro atoms. The van der Waals surface area contributed by atoms with Gasteiger partial charge in [-0.2, -0.15) is 0 Å². The number of hydrogen-bond acceptors (Lipinski definition) is 7. The van der Waals surface area contributed by atoms with Crippen LogP contribution in [-0.4, -0.2) is 40.3 Å². The Balaban J connectivity index is 1.76. The number of nitrogens with zero attached hydrogens (tertiary/aromatic N) is 3. The van der Waals surface area contributed by atoms with Gasteiger partial charge in [0.1, 0.15) is 5.76 Å². The van der Waals surface area contributed by atoms with Gasteiger partial charge in [0.05, 0.1) is 18.6 Å². The minimum atomic E-state index is 0.0367. The van der Waals surface area contributed by atoms with E-state index in [2.05, 4.69) is 22.4 Å². The molecule has 6 nitrogen and oxygen atoms in total. The quantitative estimate of drug-likeness (QED) is 0.752. The molecule has 2 aromatic rings. The van der Waals surface area contributed by atoms with E-state index in [0.29, 0.717) is 12.3 Å². The lowest BCUT2D eigenvalue weighted by atomic mass is 10.4. The fourth-order valence-electron chi connectivity index (χ4n) is 1.53.